The summed E-state index contributed by atoms with van der Waals surface area (Å²) in [6, 6.07) is 14.3. The summed E-state index contributed by atoms with van der Waals surface area (Å²) in [5.41, 5.74) is 2.42. The van der Waals surface area contributed by atoms with Crippen molar-refractivity contribution in [3.05, 3.63) is 65.2 Å². The molecule has 0 bridgehead atoms. The topological polar surface area (TPSA) is 98.8 Å². The standard InChI is InChI=1S/C24H26N4O4/c1-16-9-11-18(12-10-16)25-20(29)14-27(2)21(30)15-28-22(31)24(26-23(28)32)13-5-7-17-6-3-4-8-19(17)24/h3-4,6,8-12H,5,7,13-15H2,1-2H3,(H,25,29)(H,26,32). The Morgan fingerprint density at radius 3 is 2.59 bits per heavy atom. The van der Waals surface area contributed by atoms with E-state index in [4.69, 9.17) is 0 Å². The van der Waals surface area contributed by atoms with Crippen LogP contribution in [-0.2, 0) is 26.3 Å². The van der Waals surface area contributed by atoms with Gasteiger partial charge in [0.1, 0.15) is 12.1 Å². The molecule has 1 saturated heterocycles. The second-order valence-corrected chi connectivity index (χ2v) is 8.40. The first-order valence-electron chi connectivity index (χ1n) is 10.6. The average Bonchev–Trinajstić information content (AvgIpc) is 3.00. The van der Waals surface area contributed by atoms with Gasteiger partial charge in [0, 0.05) is 12.7 Å². The molecule has 5 amide bonds. The lowest BCUT2D eigenvalue weighted by molar-refractivity contribution is -0.139. The van der Waals surface area contributed by atoms with E-state index in [1.54, 1.807) is 12.1 Å². The fraction of sp³-hybridized carbons (Fsp3) is 0.333. The zero-order valence-electron chi connectivity index (χ0n) is 18.2. The van der Waals surface area contributed by atoms with Crippen molar-refractivity contribution in [1.29, 1.82) is 0 Å². The van der Waals surface area contributed by atoms with Crippen LogP contribution >= 0.6 is 0 Å². The molecule has 1 atom stereocenters. The minimum absolute atomic E-state index is 0.190. The fourth-order valence-electron chi connectivity index (χ4n) is 4.35. The Bertz CT molecular complexity index is 1080. The highest BCUT2D eigenvalue weighted by Crippen LogP contribution is 2.39. The number of nitrogens with one attached hydrogen (secondary N) is 2. The molecule has 32 heavy (non-hydrogen) atoms. The lowest BCUT2D eigenvalue weighted by Crippen LogP contribution is -2.47. The normalized spacial score (nSPS) is 19.5. The molecule has 1 aliphatic carbocycles. The zero-order valence-corrected chi connectivity index (χ0v) is 18.2. The molecule has 1 spiro atoms. The SMILES string of the molecule is Cc1ccc(NC(=O)CN(C)C(=O)CN2C(=O)NC3(CCCc4ccccc43)C2=O)cc1. The van der Waals surface area contributed by atoms with Crippen molar-refractivity contribution in [3.8, 4) is 0 Å². The van der Waals surface area contributed by atoms with Gasteiger partial charge in [0.05, 0.1) is 6.54 Å². The average molecular weight is 434 g/mol. The van der Waals surface area contributed by atoms with Gasteiger partial charge in [-0.1, -0.05) is 42.0 Å². The number of carbonyl (C=O) groups excluding carboxylic acids is 4. The smallest absolute Gasteiger partial charge is 0.325 e. The highest BCUT2D eigenvalue weighted by Gasteiger charge is 2.54. The van der Waals surface area contributed by atoms with Crippen molar-refractivity contribution in [1.82, 2.24) is 15.1 Å². The molecule has 0 radical (unpaired) electrons. The molecule has 1 unspecified atom stereocenters. The molecule has 1 heterocycles. The third-order valence-electron chi connectivity index (χ3n) is 6.09. The molecule has 1 fully saturated rings. The molecule has 0 saturated carbocycles. The summed E-state index contributed by atoms with van der Waals surface area (Å²) in [6.07, 6.45) is 2.11. The summed E-state index contributed by atoms with van der Waals surface area (Å²) in [6.45, 7) is 1.34. The van der Waals surface area contributed by atoms with E-state index < -0.39 is 29.9 Å². The number of fused-ring (bicyclic) bond motifs is 2. The molecule has 8 nitrogen and oxygen atoms in total. The number of urea groups is 1. The van der Waals surface area contributed by atoms with Gasteiger partial charge in [-0.3, -0.25) is 19.3 Å². The second-order valence-electron chi connectivity index (χ2n) is 8.40. The maximum absolute atomic E-state index is 13.3. The van der Waals surface area contributed by atoms with Crippen molar-refractivity contribution < 1.29 is 19.2 Å². The van der Waals surface area contributed by atoms with Crippen LogP contribution in [0.2, 0.25) is 0 Å². The van der Waals surface area contributed by atoms with E-state index in [1.165, 1.54) is 11.9 Å². The van der Waals surface area contributed by atoms with Crippen LogP contribution in [0.1, 0.15) is 29.5 Å². The van der Waals surface area contributed by atoms with E-state index in [-0.39, 0.29) is 12.5 Å². The third-order valence-corrected chi connectivity index (χ3v) is 6.09. The number of hydrogen-bond donors (Lipinski definition) is 2. The Morgan fingerprint density at radius 1 is 1.12 bits per heavy atom. The first-order valence-corrected chi connectivity index (χ1v) is 10.6. The quantitative estimate of drug-likeness (QED) is 0.705. The molecule has 2 N–H and O–H groups in total. The molecule has 4 rings (SSSR count). The number of benzene rings is 2. The first-order chi connectivity index (χ1) is 15.3. The number of rotatable bonds is 5. The molecule has 2 aliphatic rings. The zero-order chi connectivity index (χ0) is 22.9. The summed E-state index contributed by atoms with van der Waals surface area (Å²) in [5.74, 6) is -1.27. The number of carbonyl (C=O) groups is 4. The Kier molecular flexibility index (Phi) is 5.69. The number of aryl methyl sites for hydroxylation is 2. The summed E-state index contributed by atoms with van der Waals surface area (Å²) in [5, 5.41) is 5.57. The number of likely N-dealkylation sites (N-methyl/N-ethyl adjacent to an activating group) is 1. The third kappa shape index (κ3) is 3.95. The molecule has 2 aromatic rings. The summed E-state index contributed by atoms with van der Waals surface area (Å²) in [4.78, 5) is 53.1. The molecular weight excluding hydrogens is 408 g/mol. The number of nitrogens with zero attached hydrogens (tertiary/aromatic N) is 2. The lowest BCUT2D eigenvalue weighted by atomic mass is 9.76. The van der Waals surface area contributed by atoms with Gasteiger partial charge in [-0.25, -0.2) is 4.79 Å². The Hall–Kier alpha value is -3.68. The summed E-state index contributed by atoms with van der Waals surface area (Å²) in [7, 11) is 1.47. The van der Waals surface area contributed by atoms with Crippen LogP contribution in [0.25, 0.3) is 0 Å². The Balaban J connectivity index is 1.41. The van der Waals surface area contributed by atoms with Gasteiger partial charge in [-0.05, 0) is 49.4 Å². The number of amides is 5. The Labute approximate surface area is 186 Å². The number of hydrogen-bond acceptors (Lipinski definition) is 4. The van der Waals surface area contributed by atoms with E-state index in [1.807, 2.05) is 43.3 Å². The lowest BCUT2D eigenvalue weighted by Gasteiger charge is -2.33. The van der Waals surface area contributed by atoms with Crippen LogP contribution in [0.3, 0.4) is 0 Å². The fourth-order valence-corrected chi connectivity index (χ4v) is 4.35. The molecule has 166 valence electrons. The van der Waals surface area contributed by atoms with Crippen LogP contribution in [0.4, 0.5) is 10.5 Å². The highest BCUT2D eigenvalue weighted by atomic mass is 16.2. The van der Waals surface area contributed by atoms with Crippen molar-refractivity contribution >= 4 is 29.4 Å². The summed E-state index contributed by atoms with van der Waals surface area (Å²) >= 11 is 0. The van der Waals surface area contributed by atoms with Gasteiger partial charge in [-0.2, -0.15) is 0 Å². The van der Waals surface area contributed by atoms with Crippen molar-refractivity contribution in [2.24, 2.45) is 0 Å². The van der Waals surface area contributed by atoms with Crippen LogP contribution in [0.5, 0.6) is 0 Å². The monoisotopic (exact) mass is 434 g/mol. The highest BCUT2D eigenvalue weighted by molar-refractivity contribution is 6.09. The molecule has 0 aromatic heterocycles. The van der Waals surface area contributed by atoms with Crippen LogP contribution in [0, 0.1) is 6.92 Å². The molecule has 2 aromatic carbocycles. The minimum atomic E-state index is -1.12. The molecular formula is C24H26N4O4. The predicted molar refractivity (Wildman–Crippen MR) is 119 cm³/mol. The van der Waals surface area contributed by atoms with Crippen molar-refractivity contribution in [2.75, 3.05) is 25.5 Å². The van der Waals surface area contributed by atoms with Gasteiger partial charge in [0.2, 0.25) is 11.8 Å². The van der Waals surface area contributed by atoms with E-state index in [2.05, 4.69) is 10.6 Å². The first kappa shape index (κ1) is 21.5. The second kappa shape index (κ2) is 8.45. The minimum Gasteiger partial charge on any atom is -0.335 e. The number of imide groups is 1. The van der Waals surface area contributed by atoms with Gasteiger partial charge in [-0.15, -0.1) is 0 Å². The maximum Gasteiger partial charge on any atom is 0.325 e. The predicted octanol–water partition coefficient (Wildman–Crippen LogP) is 2.18. The van der Waals surface area contributed by atoms with E-state index in [0.29, 0.717) is 12.1 Å². The van der Waals surface area contributed by atoms with Crippen LogP contribution in [-0.4, -0.2) is 53.7 Å². The summed E-state index contributed by atoms with van der Waals surface area (Å²) < 4.78 is 0. The van der Waals surface area contributed by atoms with Gasteiger partial charge >= 0.3 is 6.03 Å². The Morgan fingerprint density at radius 2 is 1.84 bits per heavy atom. The van der Waals surface area contributed by atoms with Crippen molar-refractivity contribution in [3.63, 3.8) is 0 Å². The van der Waals surface area contributed by atoms with Gasteiger partial charge < -0.3 is 15.5 Å². The van der Waals surface area contributed by atoms with Crippen LogP contribution in [0.15, 0.2) is 48.5 Å². The maximum atomic E-state index is 13.3. The van der Waals surface area contributed by atoms with Crippen LogP contribution < -0.4 is 10.6 Å². The van der Waals surface area contributed by atoms with Gasteiger partial charge in [0.25, 0.3) is 5.91 Å². The molecule has 1 aliphatic heterocycles. The van der Waals surface area contributed by atoms with E-state index >= 15 is 0 Å². The van der Waals surface area contributed by atoms with Crippen molar-refractivity contribution in [2.45, 2.75) is 31.7 Å². The number of anilines is 1. The van der Waals surface area contributed by atoms with E-state index in [0.717, 1.165) is 34.4 Å². The molecule has 8 heteroatoms. The van der Waals surface area contributed by atoms with Gasteiger partial charge in [0.15, 0.2) is 0 Å². The largest absolute Gasteiger partial charge is 0.335 e. The van der Waals surface area contributed by atoms with E-state index in [9.17, 15) is 19.2 Å².